The third-order valence-corrected chi connectivity index (χ3v) is 6.39. The monoisotopic (exact) mass is 342 g/mol. The predicted molar refractivity (Wildman–Crippen MR) is 97.9 cm³/mol. The molecule has 23 heavy (non-hydrogen) atoms. The zero-order valence-electron chi connectivity index (χ0n) is 14.8. The van der Waals surface area contributed by atoms with E-state index in [9.17, 15) is 4.79 Å². The molecule has 0 aromatic carbocycles. The van der Waals surface area contributed by atoms with E-state index in [2.05, 4.69) is 17.1 Å². The largest absolute Gasteiger partial charge is 0.339 e. The van der Waals surface area contributed by atoms with Gasteiger partial charge < -0.3 is 10.2 Å². The predicted octanol–water partition coefficient (Wildman–Crippen LogP) is 4.01. The molecule has 4 heteroatoms. The van der Waals surface area contributed by atoms with Crippen molar-refractivity contribution in [3.8, 4) is 0 Å². The molecule has 3 unspecified atom stereocenters. The summed E-state index contributed by atoms with van der Waals surface area (Å²) in [4.78, 5) is 15.4. The molecule has 3 nitrogen and oxygen atoms in total. The van der Waals surface area contributed by atoms with Crippen molar-refractivity contribution in [1.29, 1.82) is 0 Å². The van der Waals surface area contributed by atoms with Crippen molar-refractivity contribution in [2.24, 2.45) is 17.8 Å². The maximum atomic E-state index is 13.2. The lowest BCUT2D eigenvalue weighted by molar-refractivity contribution is -0.141. The highest BCUT2D eigenvalue weighted by molar-refractivity contribution is 5.85. The third-order valence-electron chi connectivity index (χ3n) is 6.39. The Morgan fingerprint density at radius 1 is 1.00 bits per heavy atom. The van der Waals surface area contributed by atoms with Crippen molar-refractivity contribution >= 4 is 18.3 Å². The van der Waals surface area contributed by atoms with Gasteiger partial charge in [0.05, 0.1) is 0 Å². The lowest BCUT2D eigenvalue weighted by Crippen LogP contribution is -2.49. The Morgan fingerprint density at radius 3 is 2.39 bits per heavy atom. The van der Waals surface area contributed by atoms with Gasteiger partial charge in [0.15, 0.2) is 0 Å². The molecule has 134 valence electrons. The molecule has 1 amide bonds. The first-order chi connectivity index (χ1) is 10.8. The zero-order valence-corrected chi connectivity index (χ0v) is 15.6. The summed E-state index contributed by atoms with van der Waals surface area (Å²) >= 11 is 0. The second-order valence-corrected chi connectivity index (χ2v) is 7.83. The van der Waals surface area contributed by atoms with E-state index >= 15 is 0 Å². The number of fused-ring (bicyclic) bond motifs is 1. The van der Waals surface area contributed by atoms with Crippen molar-refractivity contribution in [2.75, 3.05) is 19.6 Å². The van der Waals surface area contributed by atoms with Crippen LogP contribution >= 0.6 is 12.4 Å². The number of hydrogen-bond donors (Lipinski definition) is 1. The average molecular weight is 343 g/mol. The van der Waals surface area contributed by atoms with Crippen molar-refractivity contribution in [3.05, 3.63) is 0 Å². The van der Waals surface area contributed by atoms with Gasteiger partial charge in [-0.1, -0.05) is 32.6 Å². The van der Waals surface area contributed by atoms with E-state index in [1.54, 1.807) is 0 Å². The van der Waals surface area contributed by atoms with Crippen molar-refractivity contribution < 1.29 is 4.79 Å². The first kappa shape index (κ1) is 19.1. The molecular weight excluding hydrogens is 308 g/mol. The molecule has 0 aromatic heterocycles. The van der Waals surface area contributed by atoms with E-state index in [1.165, 1.54) is 38.5 Å². The molecule has 1 heterocycles. The van der Waals surface area contributed by atoms with Crippen molar-refractivity contribution in [1.82, 2.24) is 10.2 Å². The summed E-state index contributed by atoms with van der Waals surface area (Å²) in [5.41, 5.74) is 0. The second kappa shape index (κ2) is 9.27. The van der Waals surface area contributed by atoms with Crippen LogP contribution in [0.4, 0.5) is 0 Å². The molecule has 0 spiro atoms. The van der Waals surface area contributed by atoms with Gasteiger partial charge in [-0.25, -0.2) is 0 Å². The van der Waals surface area contributed by atoms with Gasteiger partial charge in [0, 0.05) is 18.5 Å². The van der Waals surface area contributed by atoms with Crippen LogP contribution in [0.2, 0.25) is 0 Å². The van der Waals surface area contributed by atoms with Crippen LogP contribution in [0.25, 0.3) is 0 Å². The van der Waals surface area contributed by atoms with E-state index in [1.807, 2.05) is 0 Å². The summed E-state index contributed by atoms with van der Waals surface area (Å²) in [6, 6.07) is 0.498. The minimum atomic E-state index is 0. The van der Waals surface area contributed by atoms with E-state index in [0.717, 1.165) is 57.2 Å². The summed E-state index contributed by atoms with van der Waals surface area (Å²) in [7, 11) is 0. The number of piperidine rings is 1. The summed E-state index contributed by atoms with van der Waals surface area (Å²) in [6.07, 6.45) is 12.7. The van der Waals surface area contributed by atoms with Crippen LogP contribution in [0.3, 0.4) is 0 Å². The summed E-state index contributed by atoms with van der Waals surface area (Å²) < 4.78 is 0. The molecule has 0 aromatic rings. The molecule has 3 atom stereocenters. The van der Waals surface area contributed by atoms with Crippen LogP contribution in [0.5, 0.6) is 0 Å². The minimum absolute atomic E-state index is 0. The van der Waals surface area contributed by atoms with Crippen LogP contribution in [0.1, 0.15) is 71.1 Å². The fourth-order valence-electron chi connectivity index (χ4n) is 5.16. The molecule has 1 aliphatic heterocycles. The number of halogens is 1. The maximum absolute atomic E-state index is 13.2. The Morgan fingerprint density at radius 2 is 1.70 bits per heavy atom. The first-order valence-electron chi connectivity index (χ1n) is 9.80. The number of hydrogen-bond acceptors (Lipinski definition) is 2. The Labute approximate surface area is 148 Å². The second-order valence-electron chi connectivity index (χ2n) is 7.83. The first-order valence-corrected chi connectivity index (χ1v) is 9.80. The molecule has 0 radical (unpaired) electrons. The van der Waals surface area contributed by atoms with Crippen LogP contribution in [-0.4, -0.2) is 36.5 Å². The Kier molecular flexibility index (Phi) is 7.68. The summed E-state index contributed by atoms with van der Waals surface area (Å²) in [5, 5.41) is 3.43. The fraction of sp³-hybridized carbons (Fsp3) is 0.947. The van der Waals surface area contributed by atoms with Crippen LogP contribution < -0.4 is 5.32 Å². The Hall–Kier alpha value is -0.280. The van der Waals surface area contributed by atoms with Gasteiger partial charge in [0.2, 0.25) is 5.91 Å². The Bertz CT molecular complexity index is 370. The van der Waals surface area contributed by atoms with Gasteiger partial charge in [-0.05, 0) is 63.5 Å². The van der Waals surface area contributed by atoms with Gasteiger partial charge in [0.1, 0.15) is 0 Å². The van der Waals surface area contributed by atoms with Crippen LogP contribution in [-0.2, 0) is 4.79 Å². The van der Waals surface area contributed by atoms with Gasteiger partial charge in [-0.2, -0.15) is 0 Å². The number of carbonyl (C=O) groups excluding carboxylic acids is 1. The molecule has 3 aliphatic rings. The molecule has 1 saturated heterocycles. The van der Waals surface area contributed by atoms with Crippen molar-refractivity contribution in [3.63, 3.8) is 0 Å². The standard InChI is InChI=1S/C19H34N2O.ClH/c1-2-13-21(18-9-11-20-12-10-18)19(22)17-8-7-15-5-3-4-6-16(15)14-17;/h15-18,20H,2-14H2,1H3;1H. The lowest BCUT2D eigenvalue weighted by Gasteiger charge is -2.42. The highest BCUT2D eigenvalue weighted by Crippen LogP contribution is 2.43. The third kappa shape index (κ3) is 4.63. The maximum Gasteiger partial charge on any atom is 0.225 e. The van der Waals surface area contributed by atoms with Crippen LogP contribution in [0.15, 0.2) is 0 Å². The normalized spacial score (nSPS) is 31.8. The topological polar surface area (TPSA) is 32.3 Å². The molecule has 0 bridgehead atoms. The number of rotatable bonds is 4. The number of carbonyl (C=O) groups is 1. The van der Waals surface area contributed by atoms with E-state index in [0.29, 0.717) is 17.9 Å². The van der Waals surface area contributed by atoms with Crippen molar-refractivity contribution in [2.45, 2.75) is 77.2 Å². The van der Waals surface area contributed by atoms with E-state index in [4.69, 9.17) is 0 Å². The number of nitrogens with one attached hydrogen (secondary N) is 1. The van der Waals surface area contributed by atoms with Gasteiger partial charge in [-0.15, -0.1) is 12.4 Å². The fourth-order valence-corrected chi connectivity index (χ4v) is 5.16. The molecule has 2 saturated carbocycles. The smallest absolute Gasteiger partial charge is 0.225 e. The molecule has 1 N–H and O–H groups in total. The van der Waals surface area contributed by atoms with E-state index in [-0.39, 0.29) is 12.4 Å². The highest BCUT2D eigenvalue weighted by atomic mass is 35.5. The molecule has 3 rings (SSSR count). The molecular formula is C19H35ClN2O. The summed E-state index contributed by atoms with van der Waals surface area (Å²) in [6.45, 7) is 5.33. The summed E-state index contributed by atoms with van der Waals surface area (Å²) in [5.74, 6) is 2.63. The average Bonchev–Trinajstić information content (AvgIpc) is 2.59. The molecule has 2 aliphatic carbocycles. The molecule has 3 fully saturated rings. The Balaban J connectivity index is 0.00000192. The lowest BCUT2D eigenvalue weighted by atomic mass is 9.67. The highest BCUT2D eigenvalue weighted by Gasteiger charge is 2.37. The number of amides is 1. The van der Waals surface area contributed by atoms with Crippen LogP contribution in [0, 0.1) is 17.8 Å². The quantitative estimate of drug-likeness (QED) is 0.837. The minimum Gasteiger partial charge on any atom is -0.339 e. The SMILES string of the molecule is CCCN(C(=O)C1CCC2CCCCC2C1)C1CCNCC1.Cl. The van der Waals surface area contributed by atoms with E-state index < -0.39 is 0 Å². The van der Waals surface area contributed by atoms with Gasteiger partial charge in [0.25, 0.3) is 0 Å². The van der Waals surface area contributed by atoms with Gasteiger partial charge >= 0.3 is 0 Å². The zero-order chi connectivity index (χ0) is 15.4. The van der Waals surface area contributed by atoms with Gasteiger partial charge in [-0.3, -0.25) is 4.79 Å². The number of nitrogens with zero attached hydrogens (tertiary/aromatic N) is 1.